The minimum atomic E-state index is -0.990. The highest BCUT2D eigenvalue weighted by atomic mass is 35.5. The zero-order valence-corrected chi connectivity index (χ0v) is 6.64. The van der Waals surface area contributed by atoms with Crippen molar-refractivity contribution in [3.05, 3.63) is 0 Å². The maximum atomic E-state index is 9.91. The fourth-order valence-corrected chi connectivity index (χ4v) is 0.303. The first kappa shape index (κ1) is 12.4. The van der Waals surface area contributed by atoms with E-state index in [1.54, 1.807) is 0 Å². The number of hydrogen-bond donors (Lipinski definition) is 3. The third-order valence-corrected chi connectivity index (χ3v) is 0.795. The second-order valence-corrected chi connectivity index (χ2v) is 1.52. The highest BCUT2D eigenvalue weighted by Crippen LogP contribution is 1.82. The average Bonchev–Trinajstić information content (AvgIpc) is 1.93. The van der Waals surface area contributed by atoms with Crippen LogP contribution < -0.4 is 11.5 Å². The number of hydrogen-bond acceptors (Lipinski definition) is 3. The Kier molecular flexibility index (Phi) is 10.7. The molecule has 62 valence electrons. The highest BCUT2D eigenvalue weighted by molar-refractivity contribution is 6.15. The Balaban J connectivity index is 0. The number of nitrogens with two attached hydrogens (primary N) is 2. The Morgan fingerprint density at radius 1 is 1.70 bits per heavy atom. The van der Waals surface area contributed by atoms with Crippen LogP contribution in [0.2, 0.25) is 0 Å². The molecule has 0 aliphatic rings. The van der Waals surface area contributed by atoms with E-state index >= 15 is 0 Å². The van der Waals surface area contributed by atoms with Gasteiger partial charge in [0.15, 0.2) is 0 Å². The number of aliphatic carboxylic acids is 1. The van der Waals surface area contributed by atoms with Gasteiger partial charge >= 0.3 is 5.97 Å². The Morgan fingerprint density at radius 3 is 2.20 bits per heavy atom. The molecule has 4 nitrogen and oxygen atoms in total. The molecule has 0 aromatic carbocycles. The van der Waals surface area contributed by atoms with Gasteiger partial charge in [-0.25, -0.2) is 0 Å². The van der Waals surface area contributed by atoms with Gasteiger partial charge in [0.1, 0.15) is 6.04 Å². The highest BCUT2D eigenvalue weighted by Gasteiger charge is 2.07. The van der Waals surface area contributed by atoms with Gasteiger partial charge in [0.05, 0.1) is 0 Å². The Labute approximate surface area is 65.1 Å². The van der Waals surface area contributed by atoms with Gasteiger partial charge in [0.25, 0.3) is 0 Å². The number of carbonyl (C=O) groups is 1. The molecule has 0 spiro atoms. The molecule has 0 amide bonds. The monoisotopic (exact) mass is 168 g/mol. The van der Waals surface area contributed by atoms with Crippen LogP contribution in [-0.2, 0) is 4.79 Å². The van der Waals surface area contributed by atoms with Gasteiger partial charge < -0.3 is 16.6 Å². The minimum Gasteiger partial charge on any atom is -0.480 e. The Bertz CT molecular complexity index is 89.7. The summed E-state index contributed by atoms with van der Waals surface area (Å²) in [6.07, 6.45) is 1.81. The molecule has 0 fully saturated rings. The number of alkyl halides is 1. The molecule has 0 heterocycles. The van der Waals surface area contributed by atoms with Gasteiger partial charge in [-0.2, -0.15) is 0 Å². The van der Waals surface area contributed by atoms with Crippen LogP contribution >= 0.6 is 11.6 Å². The number of rotatable bonds is 3. The predicted molar refractivity (Wildman–Crippen MR) is 41.1 cm³/mol. The summed E-state index contributed by atoms with van der Waals surface area (Å²) in [5.41, 5.74) is 10.1. The number of halogens is 1. The quantitative estimate of drug-likeness (QED) is 0.501. The van der Waals surface area contributed by atoms with Crippen LogP contribution in [-0.4, -0.2) is 30.0 Å². The lowest BCUT2D eigenvalue weighted by Crippen LogP contribution is -2.32. The van der Waals surface area contributed by atoms with E-state index in [4.69, 9.17) is 16.6 Å². The smallest absolute Gasteiger partial charge is 0.320 e. The molecule has 0 saturated heterocycles. The maximum Gasteiger partial charge on any atom is 0.320 e. The van der Waals surface area contributed by atoms with Crippen LogP contribution in [0, 0.1) is 0 Å². The summed E-state index contributed by atoms with van der Waals surface area (Å²) < 4.78 is 0. The van der Waals surface area contributed by atoms with Crippen molar-refractivity contribution in [3.8, 4) is 0 Å². The Hall–Kier alpha value is -0.320. The van der Waals surface area contributed by atoms with Gasteiger partial charge in [0, 0.05) is 6.38 Å². The molecular formula is C5H13ClN2O2. The average molecular weight is 169 g/mol. The van der Waals surface area contributed by atoms with Crippen molar-refractivity contribution in [1.82, 2.24) is 0 Å². The fourth-order valence-electron chi connectivity index (χ4n) is 0.303. The molecule has 5 heteroatoms. The lowest BCUT2D eigenvalue weighted by Gasteiger charge is -2.00. The zero-order valence-electron chi connectivity index (χ0n) is 5.88. The summed E-state index contributed by atoms with van der Waals surface area (Å²) in [5.74, 6) is -0.990. The normalized spacial score (nSPS) is 11.2. The lowest BCUT2D eigenvalue weighted by molar-refractivity contribution is -0.138. The molecule has 0 rings (SSSR count). The SMILES string of the molecule is CCl.NCC[C@H](N)C(=O)O. The first-order valence-corrected chi connectivity index (χ1v) is 3.50. The van der Waals surface area contributed by atoms with Crippen molar-refractivity contribution >= 4 is 17.6 Å². The van der Waals surface area contributed by atoms with Crippen molar-refractivity contribution in [2.24, 2.45) is 11.5 Å². The van der Waals surface area contributed by atoms with E-state index in [1.165, 1.54) is 6.38 Å². The molecule has 0 bridgehead atoms. The summed E-state index contributed by atoms with van der Waals surface area (Å²) in [4.78, 5) is 9.91. The van der Waals surface area contributed by atoms with Crippen molar-refractivity contribution < 1.29 is 9.90 Å². The predicted octanol–water partition coefficient (Wildman–Crippen LogP) is -0.398. The van der Waals surface area contributed by atoms with Crippen LogP contribution in [0.1, 0.15) is 6.42 Å². The van der Waals surface area contributed by atoms with Crippen LogP contribution in [0.5, 0.6) is 0 Å². The van der Waals surface area contributed by atoms with E-state index in [0.29, 0.717) is 13.0 Å². The second-order valence-electron chi connectivity index (χ2n) is 1.52. The second kappa shape index (κ2) is 8.68. The lowest BCUT2D eigenvalue weighted by atomic mass is 10.2. The molecule has 1 atom stereocenters. The van der Waals surface area contributed by atoms with Gasteiger partial charge in [-0.3, -0.25) is 4.79 Å². The van der Waals surface area contributed by atoms with E-state index in [1.807, 2.05) is 0 Å². The first-order chi connectivity index (χ1) is 4.68. The van der Waals surface area contributed by atoms with Crippen LogP contribution in [0.3, 0.4) is 0 Å². The van der Waals surface area contributed by atoms with Crippen molar-refractivity contribution in [3.63, 3.8) is 0 Å². The van der Waals surface area contributed by atoms with Crippen LogP contribution in [0.15, 0.2) is 0 Å². The Morgan fingerprint density at radius 2 is 2.10 bits per heavy atom. The van der Waals surface area contributed by atoms with Gasteiger partial charge in [0.2, 0.25) is 0 Å². The summed E-state index contributed by atoms with van der Waals surface area (Å²) >= 11 is 4.64. The van der Waals surface area contributed by atoms with Gasteiger partial charge in [-0.1, -0.05) is 0 Å². The number of carboxylic acids is 1. The van der Waals surface area contributed by atoms with Crippen molar-refractivity contribution in [1.29, 1.82) is 0 Å². The van der Waals surface area contributed by atoms with Crippen LogP contribution in [0.4, 0.5) is 0 Å². The summed E-state index contributed by atoms with van der Waals surface area (Å²) in [6, 6.07) is -0.792. The third-order valence-electron chi connectivity index (χ3n) is 0.795. The van der Waals surface area contributed by atoms with Crippen molar-refractivity contribution in [2.45, 2.75) is 12.5 Å². The first-order valence-electron chi connectivity index (χ1n) is 2.74. The molecule has 0 saturated carbocycles. The topological polar surface area (TPSA) is 89.3 Å². The van der Waals surface area contributed by atoms with E-state index in [9.17, 15) is 4.79 Å². The summed E-state index contributed by atoms with van der Waals surface area (Å²) in [6.45, 7) is 0.327. The van der Waals surface area contributed by atoms with E-state index in [0.717, 1.165) is 0 Å². The van der Waals surface area contributed by atoms with Gasteiger partial charge in [-0.15, -0.1) is 11.6 Å². The molecule has 0 radical (unpaired) electrons. The zero-order chi connectivity index (χ0) is 8.57. The molecule has 0 aromatic heterocycles. The van der Waals surface area contributed by atoms with Gasteiger partial charge in [-0.05, 0) is 13.0 Å². The van der Waals surface area contributed by atoms with E-state index in [2.05, 4.69) is 11.6 Å². The summed E-state index contributed by atoms with van der Waals surface area (Å²) in [7, 11) is 0. The molecule has 0 unspecified atom stereocenters. The number of carboxylic acid groups (broad SMARTS) is 1. The fraction of sp³-hybridized carbons (Fsp3) is 0.800. The largest absolute Gasteiger partial charge is 0.480 e. The standard InChI is InChI=1S/C4H10N2O2.CH3Cl/c5-2-1-3(6)4(7)8;1-2/h3H,1-2,5-6H2,(H,7,8);1H3/t3-;/m0./s1. The maximum absolute atomic E-state index is 9.91. The van der Waals surface area contributed by atoms with Crippen molar-refractivity contribution in [2.75, 3.05) is 12.9 Å². The molecule has 10 heavy (non-hydrogen) atoms. The van der Waals surface area contributed by atoms with E-state index in [-0.39, 0.29) is 0 Å². The van der Waals surface area contributed by atoms with E-state index < -0.39 is 12.0 Å². The molecule has 0 aliphatic carbocycles. The summed E-state index contributed by atoms with van der Waals surface area (Å²) in [5, 5.41) is 8.13. The third kappa shape index (κ3) is 7.68. The molecular weight excluding hydrogens is 156 g/mol. The van der Waals surface area contributed by atoms with Crippen LogP contribution in [0.25, 0.3) is 0 Å². The minimum absolute atomic E-state index is 0.327. The molecule has 5 N–H and O–H groups in total. The molecule has 0 aromatic rings. The molecule has 0 aliphatic heterocycles.